The Morgan fingerprint density at radius 3 is 2.00 bits per heavy atom. The van der Waals surface area contributed by atoms with E-state index in [2.05, 4.69) is 11.7 Å². The maximum Gasteiger partial charge on any atom is 0.573 e. The van der Waals surface area contributed by atoms with Gasteiger partial charge in [0.05, 0.1) is 13.2 Å². The van der Waals surface area contributed by atoms with E-state index in [0.29, 0.717) is 13.2 Å². The van der Waals surface area contributed by atoms with Crippen molar-refractivity contribution in [3.8, 4) is 5.75 Å². The Morgan fingerprint density at radius 2 is 1.46 bits per heavy atom. The topological polar surface area (TPSA) is 27.7 Å². The maximum atomic E-state index is 13.9. The molecule has 1 aromatic carbocycles. The van der Waals surface area contributed by atoms with Gasteiger partial charge in [-0.15, -0.1) is 13.2 Å². The van der Waals surface area contributed by atoms with E-state index >= 15 is 0 Å². The van der Waals surface area contributed by atoms with Crippen molar-refractivity contribution in [3.63, 3.8) is 0 Å². The molecule has 3 nitrogen and oxygen atoms in total. The van der Waals surface area contributed by atoms with Crippen LogP contribution >= 0.6 is 0 Å². The van der Waals surface area contributed by atoms with E-state index in [1.807, 2.05) is 0 Å². The fraction of sp³-hybridized carbons (Fsp3) is 0.700. The van der Waals surface area contributed by atoms with Crippen molar-refractivity contribution in [1.29, 1.82) is 0 Å². The monoisotopic (exact) mass is 408 g/mol. The molecule has 0 unspecified atom stereocenters. The SMILES string of the molecule is CC1CCC(CCC2COC(c3cc(F)c(OC(F)(F)F)c(F)c3)OC2)CC1. The third-order valence-corrected chi connectivity index (χ3v) is 5.60. The van der Waals surface area contributed by atoms with Gasteiger partial charge in [-0.1, -0.05) is 39.0 Å². The summed E-state index contributed by atoms with van der Waals surface area (Å²) in [6.07, 6.45) is 0.951. The Balaban J connectivity index is 1.50. The van der Waals surface area contributed by atoms with Gasteiger partial charge in [-0.3, -0.25) is 0 Å². The second-order valence-electron chi connectivity index (χ2n) is 7.93. The van der Waals surface area contributed by atoms with Crippen LogP contribution in [-0.2, 0) is 9.47 Å². The van der Waals surface area contributed by atoms with E-state index < -0.39 is 30.0 Å². The molecular weight excluding hydrogens is 383 g/mol. The van der Waals surface area contributed by atoms with Crippen LogP contribution in [-0.4, -0.2) is 19.6 Å². The average Bonchev–Trinajstić information content (AvgIpc) is 2.64. The van der Waals surface area contributed by atoms with Gasteiger partial charge in [0, 0.05) is 11.5 Å². The molecular formula is C20H25F5O3. The molecule has 28 heavy (non-hydrogen) atoms. The minimum atomic E-state index is -5.18. The molecule has 0 N–H and O–H groups in total. The summed E-state index contributed by atoms with van der Waals surface area (Å²) in [5.74, 6) is -2.63. The van der Waals surface area contributed by atoms with Gasteiger partial charge in [0.1, 0.15) is 0 Å². The molecule has 2 aliphatic rings. The van der Waals surface area contributed by atoms with Crippen molar-refractivity contribution in [3.05, 3.63) is 29.3 Å². The normalized spacial score (nSPS) is 28.9. The van der Waals surface area contributed by atoms with E-state index in [1.54, 1.807) is 0 Å². The Kier molecular flexibility index (Phi) is 6.81. The molecule has 3 rings (SSSR count). The van der Waals surface area contributed by atoms with Gasteiger partial charge in [0.15, 0.2) is 17.9 Å². The van der Waals surface area contributed by atoms with Gasteiger partial charge in [-0.2, -0.15) is 0 Å². The number of alkyl halides is 3. The fourth-order valence-electron chi connectivity index (χ4n) is 3.92. The third kappa shape index (κ3) is 5.80. The van der Waals surface area contributed by atoms with E-state index in [1.165, 1.54) is 25.7 Å². The van der Waals surface area contributed by atoms with E-state index in [0.717, 1.165) is 36.8 Å². The lowest BCUT2D eigenvalue weighted by Crippen LogP contribution is -2.28. The number of benzene rings is 1. The quantitative estimate of drug-likeness (QED) is 0.549. The molecule has 2 fully saturated rings. The van der Waals surface area contributed by atoms with Crippen LogP contribution in [0.15, 0.2) is 12.1 Å². The first kappa shape index (κ1) is 21.3. The van der Waals surface area contributed by atoms with Crippen molar-refractivity contribution < 1.29 is 36.2 Å². The van der Waals surface area contributed by atoms with Gasteiger partial charge in [-0.25, -0.2) is 8.78 Å². The maximum absolute atomic E-state index is 13.9. The zero-order valence-corrected chi connectivity index (χ0v) is 15.7. The molecule has 0 atom stereocenters. The molecule has 1 heterocycles. The predicted octanol–water partition coefficient (Wildman–Crippen LogP) is 6.13. The summed E-state index contributed by atoms with van der Waals surface area (Å²) in [5.41, 5.74) is -0.00996. The first-order valence-electron chi connectivity index (χ1n) is 9.69. The van der Waals surface area contributed by atoms with Crippen molar-refractivity contribution in [2.45, 2.75) is 58.1 Å². The van der Waals surface area contributed by atoms with Crippen molar-refractivity contribution >= 4 is 0 Å². The highest BCUT2D eigenvalue weighted by Gasteiger charge is 2.35. The zero-order chi connectivity index (χ0) is 20.3. The number of rotatable bonds is 5. The van der Waals surface area contributed by atoms with Crippen LogP contribution in [0, 0.1) is 29.4 Å². The number of ether oxygens (including phenoxy) is 3. The highest BCUT2D eigenvalue weighted by molar-refractivity contribution is 5.32. The largest absolute Gasteiger partial charge is 0.573 e. The second kappa shape index (κ2) is 8.95. The number of hydrogen-bond acceptors (Lipinski definition) is 3. The minimum Gasteiger partial charge on any atom is -0.399 e. The molecule has 1 saturated heterocycles. The zero-order valence-electron chi connectivity index (χ0n) is 15.7. The van der Waals surface area contributed by atoms with E-state index in [9.17, 15) is 22.0 Å². The molecule has 0 radical (unpaired) electrons. The summed E-state index contributed by atoms with van der Waals surface area (Å²) < 4.78 is 78.9. The molecule has 0 amide bonds. The van der Waals surface area contributed by atoms with Crippen LogP contribution in [0.5, 0.6) is 5.75 Å². The van der Waals surface area contributed by atoms with Gasteiger partial charge >= 0.3 is 6.36 Å². The third-order valence-electron chi connectivity index (χ3n) is 5.60. The van der Waals surface area contributed by atoms with Crippen LogP contribution in [0.25, 0.3) is 0 Å². The molecule has 158 valence electrons. The van der Waals surface area contributed by atoms with Crippen molar-refractivity contribution in [2.75, 3.05) is 13.2 Å². The van der Waals surface area contributed by atoms with Crippen LogP contribution in [0.4, 0.5) is 22.0 Å². The lowest BCUT2D eigenvalue weighted by atomic mass is 9.80. The molecule has 0 spiro atoms. The molecule has 1 saturated carbocycles. The molecule has 0 aromatic heterocycles. The van der Waals surface area contributed by atoms with Gasteiger partial charge in [-0.05, 0) is 30.4 Å². The highest BCUT2D eigenvalue weighted by atomic mass is 19.4. The standard InChI is InChI=1S/C20H25F5O3/c1-12-2-4-13(5-3-12)6-7-14-10-26-19(27-11-14)15-8-16(21)18(17(22)9-15)28-20(23,24)25/h8-9,12-14,19H,2-7,10-11H2,1H3. The van der Waals surface area contributed by atoms with Crippen LogP contribution in [0.1, 0.15) is 57.3 Å². The first-order valence-corrected chi connectivity index (χ1v) is 9.69. The summed E-state index contributed by atoms with van der Waals surface area (Å²) in [6, 6.07) is 1.50. The molecule has 1 aliphatic carbocycles. The lowest BCUT2D eigenvalue weighted by molar-refractivity contribution is -0.276. The number of hydrogen-bond donors (Lipinski definition) is 0. The van der Waals surface area contributed by atoms with Crippen LogP contribution in [0.2, 0.25) is 0 Å². The van der Waals surface area contributed by atoms with Gasteiger partial charge in [0.25, 0.3) is 0 Å². The first-order chi connectivity index (χ1) is 13.2. The van der Waals surface area contributed by atoms with Crippen LogP contribution in [0.3, 0.4) is 0 Å². The minimum absolute atomic E-state index is 0.00996. The second-order valence-corrected chi connectivity index (χ2v) is 7.93. The molecule has 1 aliphatic heterocycles. The Labute approximate surface area is 161 Å². The lowest BCUT2D eigenvalue weighted by Gasteiger charge is -2.32. The average molecular weight is 408 g/mol. The Hall–Kier alpha value is -1.41. The van der Waals surface area contributed by atoms with Gasteiger partial charge in [0.2, 0.25) is 5.75 Å². The molecule has 1 aromatic rings. The number of halogens is 5. The van der Waals surface area contributed by atoms with E-state index in [4.69, 9.17) is 9.47 Å². The van der Waals surface area contributed by atoms with E-state index in [-0.39, 0.29) is 11.5 Å². The highest BCUT2D eigenvalue weighted by Crippen LogP contribution is 2.35. The summed E-state index contributed by atoms with van der Waals surface area (Å²) in [6.45, 7) is 3.06. The smallest absolute Gasteiger partial charge is 0.399 e. The van der Waals surface area contributed by atoms with Crippen molar-refractivity contribution in [2.24, 2.45) is 17.8 Å². The summed E-state index contributed by atoms with van der Waals surface area (Å²) in [7, 11) is 0. The molecule has 0 bridgehead atoms. The summed E-state index contributed by atoms with van der Waals surface area (Å²) in [4.78, 5) is 0. The van der Waals surface area contributed by atoms with Gasteiger partial charge < -0.3 is 14.2 Å². The Bertz CT molecular complexity index is 625. The summed E-state index contributed by atoms with van der Waals surface area (Å²) >= 11 is 0. The van der Waals surface area contributed by atoms with Crippen LogP contribution < -0.4 is 4.74 Å². The molecule has 8 heteroatoms. The Morgan fingerprint density at radius 1 is 0.929 bits per heavy atom. The summed E-state index contributed by atoms with van der Waals surface area (Å²) in [5, 5.41) is 0. The van der Waals surface area contributed by atoms with Crippen molar-refractivity contribution in [1.82, 2.24) is 0 Å². The fourth-order valence-corrected chi connectivity index (χ4v) is 3.92. The predicted molar refractivity (Wildman–Crippen MR) is 91.5 cm³/mol.